The van der Waals surface area contributed by atoms with Gasteiger partial charge in [0.25, 0.3) is 0 Å². The van der Waals surface area contributed by atoms with Crippen LogP contribution in [0.1, 0.15) is 35.2 Å². The lowest BCUT2D eigenvalue weighted by Gasteiger charge is -2.10. The fourth-order valence-electron chi connectivity index (χ4n) is 2.41. The van der Waals surface area contributed by atoms with Gasteiger partial charge in [-0.05, 0) is 36.5 Å². The number of benzene rings is 1. The van der Waals surface area contributed by atoms with E-state index in [4.69, 9.17) is 9.84 Å². The van der Waals surface area contributed by atoms with Gasteiger partial charge in [0.15, 0.2) is 0 Å². The number of nitrogens with one attached hydrogen (secondary N) is 1. The predicted octanol–water partition coefficient (Wildman–Crippen LogP) is 2.37. The number of carboxylic acids is 1. The third-order valence-electron chi connectivity index (χ3n) is 3.54. The minimum absolute atomic E-state index is 0.0146. The molecular formula is C16H19NO4. The van der Waals surface area contributed by atoms with Crippen LogP contribution in [0.4, 0.5) is 0 Å². The predicted molar refractivity (Wildman–Crippen MR) is 78.3 cm³/mol. The molecule has 1 aromatic carbocycles. The molecule has 0 fully saturated rings. The maximum atomic E-state index is 11.8. The van der Waals surface area contributed by atoms with Crippen LogP contribution in [0.25, 0.3) is 0 Å². The monoisotopic (exact) mass is 289 g/mol. The molecule has 1 atom stereocenters. The Morgan fingerprint density at radius 1 is 1.43 bits per heavy atom. The number of hydrogen-bond acceptors (Lipinski definition) is 3. The SMILES string of the molecule is COc1ccc(CNC(=O)CC2C=CCC2)cc1C(=O)O. The topological polar surface area (TPSA) is 75.6 Å². The van der Waals surface area contributed by atoms with Gasteiger partial charge >= 0.3 is 5.97 Å². The van der Waals surface area contributed by atoms with Gasteiger partial charge in [0.1, 0.15) is 11.3 Å². The van der Waals surface area contributed by atoms with Gasteiger partial charge in [-0.25, -0.2) is 4.79 Å². The maximum Gasteiger partial charge on any atom is 0.339 e. The largest absolute Gasteiger partial charge is 0.496 e. The van der Waals surface area contributed by atoms with Crippen molar-refractivity contribution in [3.63, 3.8) is 0 Å². The van der Waals surface area contributed by atoms with Gasteiger partial charge in [0.2, 0.25) is 5.91 Å². The lowest BCUT2D eigenvalue weighted by atomic mass is 10.0. The number of carboxylic acid groups (broad SMARTS) is 1. The molecule has 1 unspecified atom stereocenters. The molecule has 5 heteroatoms. The molecule has 0 saturated carbocycles. The summed E-state index contributed by atoms with van der Waals surface area (Å²) in [5.41, 5.74) is 0.839. The standard InChI is InChI=1S/C16H19NO4/c1-21-14-7-6-12(8-13(14)16(19)20)10-17-15(18)9-11-4-2-3-5-11/h2,4,6-8,11H,3,5,9-10H2,1H3,(H,17,18)(H,19,20). The molecule has 0 aliphatic heterocycles. The van der Waals surface area contributed by atoms with E-state index < -0.39 is 5.97 Å². The summed E-state index contributed by atoms with van der Waals surface area (Å²) in [7, 11) is 1.43. The van der Waals surface area contributed by atoms with Crippen molar-refractivity contribution in [1.29, 1.82) is 0 Å². The van der Waals surface area contributed by atoms with Crippen molar-refractivity contribution in [1.82, 2.24) is 5.32 Å². The van der Waals surface area contributed by atoms with Crippen molar-refractivity contribution < 1.29 is 19.4 Å². The molecule has 1 aromatic rings. The normalized spacial score (nSPS) is 16.7. The van der Waals surface area contributed by atoms with Gasteiger partial charge in [-0.2, -0.15) is 0 Å². The second kappa shape index (κ2) is 6.92. The van der Waals surface area contributed by atoms with Crippen molar-refractivity contribution in [2.75, 3.05) is 7.11 Å². The van der Waals surface area contributed by atoms with Crippen LogP contribution in [0.3, 0.4) is 0 Å². The van der Waals surface area contributed by atoms with Crippen molar-refractivity contribution in [2.45, 2.75) is 25.8 Å². The van der Waals surface area contributed by atoms with E-state index in [9.17, 15) is 9.59 Å². The highest BCUT2D eigenvalue weighted by Crippen LogP contribution is 2.21. The van der Waals surface area contributed by atoms with E-state index in [0.29, 0.717) is 24.6 Å². The Labute approximate surface area is 123 Å². The summed E-state index contributed by atoms with van der Waals surface area (Å²) in [6.45, 7) is 0.319. The van der Waals surface area contributed by atoms with Crippen molar-refractivity contribution in [2.24, 2.45) is 5.92 Å². The summed E-state index contributed by atoms with van der Waals surface area (Å²) in [5.74, 6) is -0.417. The number of carbonyl (C=O) groups is 2. The molecule has 0 aromatic heterocycles. The molecule has 0 bridgehead atoms. The molecule has 0 spiro atoms. The number of carbonyl (C=O) groups excluding carboxylic acids is 1. The Morgan fingerprint density at radius 2 is 2.24 bits per heavy atom. The molecule has 0 radical (unpaired) electrons. The molecule has 2 rings (SSSR count). The summed E-state index contributed by atoms with van der Waals surface area (Å²) >= 11 is 0. The zero-order valence-electron chi connectivity index (χ0n) is 12.0. The fraction of sp³-hybridized carbons (Fsp3) is 0.375. The molecule has 2 N–H and O–H groups in total. The second-order valence-corrected chi connectivity index (χ2v) is 5.09. The smallest absolute Gasteiger partial charge is 0.339 e. The lowest BCUT2D eigenvalue weighted by Crippen LogP contribution is -2.24. The van der Waals surface area contributed by atoms with E-state index in [1.54, 1.807) is 12.1 Å². The average molecular weight is 289 g/mol. The molecule has 0 heterocycles. The van der Waals surface area contributed by atoms with Crippen LogP contribution in [0, 0.1) is 5.92 Å². The van der Waals surface area contributed by atoms with Crippen LogP contribution in [-0.4, -0.2) is 24.1 Å². The zero-order valence-corrected chi connectivity index (χ0v) is 12.0. The quantitative estimate of drug-likeness (QED) is 0.788. The molecule has 21 heavy (non-hydrogen) atoms. The Hall–Kier alpha value is -2.30. The van der Waals surface area contributed by atoms with Gasteiger partial charge in [0.05, 0.1) is 7.11 Å². The van der Waals surface area contributed by atoms with Gasteiger partial charge in [-0.3, -0.25) is 4.79 Å². The Balaban J connectivity index is 1.93. The molecular weight excluding hydrogens is 270 g/mol. The van der Waals surface area contributed by atoms with Crippen molar-refractivity contribution in [3.05, 3.63) is 41.5 Å². The van der Waals surface area contributed by atoms with Crippen LogP contribution in [-0.2, 0) is 11.3 Å². The number of methoxy groups -OCH3 is 1. The highest BCUT2D eigenvalue weighted by atomic mass is 16.5. The highest BCUT2D eigenvalue weighted by Gasteiger charge is 2.15. The van der Waals surface area contributed by atoms with E-state index in [1.807, 2.05) is 0 Å². The molecule has 5 nitrogen and oxygen atoms in total. The van der Waals surface area contributed by atoms with Crippen LogP contribution < -0.4 is 10.1 Å². The van der Waals surface area contributed by atoms with Gasteiger partial charge in [-0.15, -0.1) is 0 Å². The van der Waals surface area contributed by atoms with E-state index in [-0.39, 0.29) is 11.5 Å². The third kappa shape index (κ3) is 4.08. The van der Waals surface area contributed by atoms with Gasteiger partial charge in [0, 0.05) is 13.0 Å². The van der Waals surface area contributed by atoms with E-state index in [0.717, 1.165) is 18.4 Å². The van der Waals surface area contributed by atoms with E-state index in [1.165, 1.54) is 13.2 Å². The first kappa shape index (κ1) is 15.1. The Morgan fingerprint density at radius 3 is 2.86 bits per heavy atom. The highest BCUT2D eigenvalue weighted by molar-refractivity contribution is 5.91. The van der Waals surface area contributed by atoms with Gasteiger partial charge in [-0.1, -0.05) is 18.2 Å². The van der Waals surface area contributed by atoms with Crippen LogP contribution in [0.15, 0.2) is 30.4 Å². The van der Waals surface area contributed by atoms with E-state index >= 15 is 0 Å². The number of allylic oxidation sites excluding steroid dienone is 2. The average Bonchev–Trinajstić information content (AvgIpc) is 2.97. The number of rotatable bonds is 6. The van der Waals surface area contributed by atoms with Gasteiger partial charge < -0.3 is 15.2 Å². The molecule has 112 valence electrons. The number of aromatic carboxylic acids is 1. The minimum Gasteiger partial charge on any atom is -0.496 e. The zero-order chi connectivity index (χ0) is 15.2. The van der Waals surface area contributed by atoms with Crippen molar-refractivity contribution in [3.8, 4) is 5.75 Å². The number of ether oxygens (including phenoxy) is 1. The fourth-order valence-corrected chi connectivity index (χ4v) is 2.41. The van der Waals surface area contributed by atoms with Crippen molar-refractivity contribution >= 4 is 11.9 Å². The summed E-state index contributed by atoms with van der Waals surface area (Å²) < 4.78 is 5.00. The molecule has 0 saturated heterocycles. The minimum atomic E-state index is -1.05. The maximum absolute atomic E-state index is 11.8. The first-order chi connectivity index (χ1) is 10.1. The Kier molecular flexibility index (Phi) is 4.98. The molecule has 1 amide bonds. The Bertz CT molecular complexity index is 565. The molecule has 1 aliphatic rings. The second-order valence-electron chi connectivity index (χ2n) is 5.09. The summed E-state index contributed by atoms with van der Waals surface area (Å²) in [6.07, 6.45) is 6.73. The third-order valence-corrected chi connectivity index (χ3v) is 3.54. The lowest BCUT2D eigenvalue weighted by molar-refractivity contribution is -0.121. The van der Waals surface area contributed by atoms with E-state index in [2.05, 4.69) is 17.5 Å². The van der Waals surface area contributed by atoms with Crippen LogP contribution >= 0.6 is 0 Å². The summed E-state index contributed by atoms with van der Waals surface area (Å²) in [6, 6.07) is 4.88. The molecule has 1 aliphatic carbocycles. The number of hydrogen-bond donors (Lipinski definition) is 2. The first-order valence-electron chi connectivity index (χ1n) is 6.93. The number of amides is 1. The van der Waals surface area contributed by atoms with Crippen LogP contribution in [0.5, 0.6) is 5.75 Å². The van der Waals surface area contributed by atoms with Crippen LogP contribution in [0.2, 0.25) is 0 Å². The first-order valence-corrected chi connectivity index (χ1v) is 6.93. The summed E-state index contributed by atoms with van der Waals surface area (Å²) in [4.78, 5) is 23.0. The summed E-state index contributed by atoms with van der Waals surface area (Å²) in [5, 5.41) is 11.9.